The van der Waals surface area contributed by atoms with Gasteiger partial charge in [0, 0.05) is 0 Å². The fourth-order valence-corrected chi connectivity index (χ4v) is 5.00. The van der Waals surface area contributed by atoms with E-state index in [-0.39, 0.29) is 0 Å². The molecular weight excluding hydrogens is 192 g/mol. The predicted molar refractivity (Wildman–Crippen MR) is 67.1 cm³/mol. The molecular formula is C16H24. The Balaban J connectivity index is 1.60. The molecule has 2 bridgehead atoms. The SMILES string of the molecule is C1=C2CCC1C1CCCC1CC1CC1CC2. The van der Waals surface area contributed by atoms with Gasteiger partial charge in [0.2, 0.25) is 0 Å². The van der Waals surface area contributed by atoms with Crippen LogP contribution in [0.4, 0.5) is 0 Å². The molecule has 0 radical (unpaired) electrons. The van der Waals surface area contributed by atoms with E-state index in [1.54, 1.807) is 25.7 Å². The molecule has 0 spiro atoms. The molecule has 4 aliphatic rings. The summed E-state index contributed by atoms with van der Waals surface area (Å²) in [6.45, 7) is 0. The predicted octanol–water partition coefficient (Wildman–Crippen LogP) is 4.56. The first-order valence-corrected chi connectivity index (χ1v) is 7.60. The number of fused-ring (bicyclic) bond motifs is 4. The van der Waals surface area contributed by atoms with Crippen LogP contribution in [0.5, 0.6) is 0 Å². The van der Waals surface area contributed by atoms with Gasteiger partial charge in [0.05, 0.1) is 0 Å². The monoisotopic (exact) mass is 216 g/mol. The van der Waals surface area contributed by atoms with Gasteiger partial charge in [-0.05, 0) is 74.5 Å². The average molecular weight is 216 g/mol. The van der Waals surface area contributed by atoms with Gasteiger partial charge in [-0.15, -0.1) is 0 Å². The van der Waals surface area contributed by atoms with Crippen LogP contribution in [0, 0.1) is 29.6 Å². The minimum Gasteiger partial charge on any atom is -0.0819 e. The lowest BCUT2D eigenvalue weighted by Gasteiger charge is -2.25. The highest BCUT2D eigenvalue weighted by Gasteiger charge is 2.43. The Morgan fingerprint density at radius 2 is 1.69 bits per heavy atom. The molecule has 2 saturated carbocycles. The molecule has 16 heavy (non-hydrogen) atoms. The summed E-state index contributed by atoms with van der Waals surface area (Å²) in [5.74, 6) is 5.51. The van der Waals surface area contributed by atoms with Crippen LogP contribution < -0.4 is 0 Å². The van der Waals surface area contributed by atoms with Crippen molar-refractivity contribution in [3.8, 4) is 0 Å². The van der Waals surface area contributed by atoms with Gasteiger partial charge in [0.15, 0.2) is 0 Å². The maximum atomic E-state index is 2.71. The van der Waals surface area contributed by atoms with Gasteiger partial charge in [-0.2, -0.15) is 0 Å². The van der Waals surface area contributed by atoms with E-state index in [0.717, 1.165) is 29.6 Å². The van der Waals surface area contributed by atoms with Crippen LogP contribution in [0.2, 0.25) is 0 Å². The van der Waals surface area contributed by atoms with E-state index in [1.807, 2.05) is 5.57 Å². The maximum absolute atomic E-state index is 2.71. The maximum Gasteiger partial charge on any atom is -0.0197 e. The minimum atomic E-state index is 0.998. The smallest absolute Gasteiger partial charge is 0.0197 e. The lowest BCUT2D eigenvalue weighted by atomic mass is 9.80. The third kappa shape index (κ3) is 1.57. The van der Waals surface area contributed by atoms with E-state index in [2.05, 4.69) is 6.08 Å². The Labute approximate surface area is 99.5 Å². The summed E-state index contributed by atoms with van der Waals surface area (Å²) in [4.78, 5) is 0. The van der Waals surface area contributed by atoms with E-state index < -0.39 is 0 Å². The second kappa shape index (κ2) is 3.62. The molecule has 0 amide bonds. The van der Waals surface area contributed by atoms with Crippen LogP contribution in [0.3, 0.4) is 0 Å². The zero-order chi connectivity index (χ0) is 10.5. The number of hydrogen-bond donors (Lipinski definition) is 0. The Hall–Kier alpha value is -0.260. The van der Waals surface area contributed by atoms with Gasteiger partial charge in [-0.25, -0.2) is 0 Å². The molecule has 4 aliphatic carbocycles. The van der Waals surface area contributed by atoms with Crippen molar-refractivity contribution in [2.45, 2.75) is 57.8 Å². The van der Waals surface area contributed by atoms with E-state index in [1.165, 1.54) is 32.1 Å². The van der Waals surface area contributed by atoms with E-state index >= 15 is 0 Å². The van der Waals surface area contributed by atoms with Crippen molar-refractivity contribution in [2.75, 3.05) is 0 Å². The average Bonchev–Trinajstić information content (AvgIpc) is 2.70. The zero-order valence-electron chi connectivity index (χ0n) is 10.3. The van der Waals surface area contributed by atoms with Crippen LogP contribution in [0.15, 0.2) is 11.6 Å². The van der Waals surface area contributed by atoms with E-state index in [4.69, 9.17) is 0 Å². The molecule has 0 N–H and O–H groups in total. The van der Waals surface area contributed by atoms with Crippen LogP contribution in [0.1, 0.15) is 57.8 Å². The standard InChI is InChI=1S/C16H24/c1-2-13-10-15-9-12(15)6-4-11-5-7-14(8-11)16(13)3-1/h8,12-16H,1-7,9-10H2. The van der Waals surface area contributed by atoms with Gasteiger partial charge < -0.3 is 0 Å². The molecule has 0 aromatic heterocycles. The summed E-state index contributed by atoms with van der Waals surface area (Å²) >= 11 is 0. The largest absolute Gasteiger partial charge is 0.0819 e. The van der Waals surface area contributed by atoms with Crippen molar-refractivity contribution in [3.63, 3.8) is 0 Å². The van der Waals surface area contributed by atoms with Crippen molar-refractivity contribution < 1.29 is 0 Å². The zero-order valence-corrected chi connectivity index (χ0v) is 10.3. The molecule has 0 aromatic carbocycles. The van der Waals surface area contributed by atoms with Crippen LogP contribution in [0.25, 0.3) is 0 Å². The van der Waals surface area contributed by atoms with Gasteiger partial charge in [-0.3, -0.25) is 0 Å². The Morgan fingerprint density at radius 3 is 2.69 bits per heavy atom. The molecule has 88 valence electrons. The molecule has 0 saturated heterocycles. The van der Waals surface area contributed by atoms with Gasteiger partial charge in [0.25, 0.3) is 0 Å². The summed E-state index contributed by atoms with van der Waals surface area (Å²) < 4.78 is 0. The lowest BCUT2D eigenvalue weighted by Crippen LogP contribution is -2.17. The molecule has 0 heteroatoms. The van der Waals surface area contributed by atoms with Crippen molar-refractivity contribution >= 4 is 0 Å². The fraction of sp³-hybridized carbons (Fsp3) is 0.875. The van der Waals surface area contributed by atoms with Crippen molar-refractivity contribution in [1.82, 2.24) is 0 Å². The quantitative estimate of drug-likeness (QED) is 0.521. The van der Waals surface area contributed by atoms with Crippen molar-refractivity contribution in [2.24, 2.45) is 29.6 Å². The summed E-state index contributed by atoms with van der Waals surface area (Å²) in [6.07, 6.45) is 16.5. The first kappa shape index (κ1) is 9.74. The summed E-state index contributed by atoms with van der Waals surface area (Å²) in [7, 11) is 0. The fourth-order valence-electron chi connectivity index (χ4n) is 5.00. The molecule has 0 heterocycles. The summed E-state index contributed by atoms with van der Waals surface area (Å²) in [5, 5.41) is 0. The Morgan fingerprint density at radius 1 is 0.812 bits per heavy atom. The molecule has 5 unspecified atom stereocenters. The third-order valence-electron chi connectivity index (χ3n) is 6.03. The second-order valence-corrected chi connectivity index (χ2v) is 6.91. The van der Waals surface area contributed by atoms with E-state index in [0.29, 0.717) is 0 Å². The van der Waals surface area contributed by atoms with Crippen molar-refractivity contribution in [3.05, 3.63) is 11.6 Å². The number of allylic oxidation sites excluding steroid dienone is 2. The van der Waals surface area contributed by atoms with Crippen LogP contribution >= 0.6 is 0 Å². The van der Waals surface area contributed by atoms with Crippen molar-refractivity contribution in [1.29, 1.82) is 0 Å². The molecule has 4 rings (SSSR count). The first-order valence-electron chi connectivity index (χ1n) is 7.60. The highest BCUT2D eigenvalue weighted by molar-refractivity contribution is 5.14. The molecule has 5 atom stereocenters. The van der Waals surface area contributed by atoms with Gasteiger partial charge in [-0.1, -0.05) is 24.5 Å². The topological polar surface area (TPSA) is 0 Å². The number of hydrogen-bond acceptors (Lipinski definition) is 0. The molecule has 0 nitrogen and oxygen atoms in total. The first-order chi connectivity index (χ1) is 7.90. The highest BCUT2D eigenvalue weighted by atomic mass is 14.5. The van der Waals surface area contributed by atoms with Gasteiger partial charge >= 0.3 is 0 Å². The Bertz CT molecular complexity index is 314. The summed E-state index contributed by atoms with van der Waals surface area (Å²) in [6, 6.07) is 0. The van der Waals surface area contributed by atoms with Gasteiger partial charge in [0.1, 0.15) is 0 Å². The van der Waals surface area contributed by atoms with Crippen LogP contribution in [-0.2, 0) is 0 Å². The second-order valence-electron chi connectivity index (χ2n) is 6.91. The molecule has 0 aromatic rings. The van der Waals surface area contributed by atoms with Crippen LogP contribution in [-0.4, -0.2) is 0 Å². The normalized spacial score (nSPS) is 50.5. The number of rotatable bonds is 0. The third-order valence-corrected chi connectivity index (χ3v) is 6.03. The van der Waals surface area contributed by atoms with E-state index in [9.17, 15) is 0 Å². The highest BCUT2D eigenvalue weighted by Crippen LogP contribution is 2.54. The Kier molecular flexibility index (Phi) is 2.20. The molecule has 0 aliphatic heterocycles. The molecule has 2 fully saturated rings. The summed E-state index contributed by atoms with van der Waals surface area (Å²) in [5.41, 5.74) is 1.84. The lowest BCUT2D eigenvalue weighted by molar-refractivity contribution is 0.273. The minimum absolute atomic E-state index is 0.998.